The number of nitrogen functional groups attached to an aromatic ring is 1. The summed E-state index contributed by atoms with van der Waals surface area (Å²) in [5.74, 6) is -1.18. The van der Waals surface area contributed by atoms with Crippen molar-refractivity contribution in [2.75, 3.05) is 5.73 Å². The van der Waals surface area contributed by atoms with Gasteiger partial charge < -0.3 is 5.73 Å². The summed E-state index contributed by atoms with van der Waals surface area (Å²) < 4.78 is 28.6. The summed E-state index contributed by atoms with van der Waals surface area (Å²) in [6.45, 7) is 3.91. The molecule has 2 N–H and O–H groups in total. The summed E-state index contributed by atoms with van der Waals surface area (Å²) in [5.41, 5.74) is 5.80. The molecule has 0 aliphatic heterocycles. The van der Waals surface area contributed by atoms with Crippen LogP contribution in [0.15, 0.2) is 24.5 Å². The second kappa shape index (κ2) is 4.16. The molecule has 2 aromatic rings. The summed E-state index contributed by atoms with van der Waals surface area (Å²) >= 11 is 0. The Balaban J connectivity index is 2.49. The van der Waals surface area contributed by atoms with Crippen LogP contribution in [-0.4, -0.2) is 9.78 Å². The van der Waals surface area contributed by atoms with Crippen molar-refractivity contribution in [3.8, 4) is 11.1 Å². The maximum atomic E-state index is 13.6. The summed E-state index contributed by atoms with van der Waals surface area (Å²) in [7, 11) is 0. The average Bonchev–Trinajstić information content (AvgIpc) is 2.72. The van der Waals surface area contributed by atoms with Crippen LogP contribution in [0.5, 0.6) is 0 Å². The number of anilines is 1. The fourth-order valence-electron chi connectivity index (χ4n) is 1.54. The number of nitrogens with two attached hydrogens (primary N) is 1. The first kappa shape index (κ1) is 11.6. The van der Waals surface area contributed by atoms with Crippen LogP contribution in [0.3, 0.4) is 0 Å². The zero-order valence-electron chi connectivity index (χ0n) is 9.61. The van der Waals surface area contributed by atoms with Crippen LogP contribution in [0.4, 0.5) is 14.5 Å². The van der Waals surface area contributed by atoms with Gasteiger partial charge in [-0.3, -0.25) is 4.68 Å². The maximum absolute atomic E-state index is 13.6. The molecule has 0 amide bonds. The lowest BCUT2D eigenvalue weighted by Crippen LogP contribution is -1.99. The van der Waals surface area contributed by atoms with Crippen LogP contribution in [0.2, 0.25) is 0 Å². The van der Waals surface area contributed by atoms with Gasteiger partial charge in [0.2, 0.25) is 0 Å². The number of halogens is 2. The molecule has 0 radical (unpaired) electrons. The van der Waals surface area contributed by atoms with Gasteiger partial charge in [0.1, 0.15) is 11.6 Å². The second-order valence-electron chi connectivity index (χ2n) is 4.16. The molecule has 0 saturated heterocycles. The van der Waals surface area contributed by atoms with Crippen LogP contribution in [0.25, 0.3) is 11.1 Å². The smallest absolute Gasteiger partial charge is 0.146 e. The fourth-order valence-corrected chi connectivity index (χ4v) is 1.54. The van der Waals surface area contributed by atoms with Crippen molar-refractivity contribution in [1.82, 2.24) is 9.78 Å². The van der Waals surface area contributed by atoms with Crippen molar-refractivity contribution in [2.24, 2.45) is 0 Å². The third kappa shape index (κ3) is 2.13. The topological polar surface area (TPSA) is 43.8 Å². The Kier molecular flexibility index (Phi) is 2.83. The van der Waals surface area contributed by atoms with E-state index in [9.17, 15) is 8.78 Å². The summed E-state index contributed by atoms with van der Waals surface area (Å²) in [5, 5.41) is 4.08. The zero-order valence-corrected chi connectivity index (χ0v) is 9.61. The lowest BCUT2D eigenvalue weighted by Gasteiger charge is -2.04. The van der Waals surface area contributed by atoms with Gasteiger partial charge in [-0.1, -0.05) is 0 Å². The largest absolute Gasteiger partial charge is 0.396 e. The standard InChI is InChI=1S/C12H13F2N3/c1-7(2)17-6-8(5-16-17)9-3-11(14)12(15)4-10(9)13/h3-7H,15H2,1-2H3. The third-order valence-corrected chi connectivity index (χ3v) is 2.53. The van der Waals surface area contributed by atoms with Crippen molar-refractivity contribution < 1.29 is 8.78 Å². The minimum atomic E-state index is -0.626. The number of rotatable bonds is 2. The first-order valence-corrected chi connectivity index (χ1v) is 5.28. The van der Waals surface area contributed by atoms with Gasteiger partial charge in [-0.15, -0.1) is 0 Å². The molecular formula is C12H13F2N3. The molecule has 1 heterocycles. The highest BCUT2D eigenvalue weighted by atomic mass is 19.1. The first-order chi connectivity index (χ1) is 7.99. The number of nitrogens with zero attached hydrogens (tertiary/aromatic N) is 2. The number of benzene rings is 1. The minimum absolute atomic E-state index is 0.170. The molecule has 1 aromatic carbocycles. The molecular weight excluding hydrogens is 224 g/mol. The van der Waals surface area contributed by atoms with Gasteiger partial charge in [0, 0.05) is 29.4 Å². The van der Waals surface area contributed by atoms with E-state index in [0.717, 1.165) is 12.1 Å². The molecule has 3 nitrogen and oxygen atoms in total. The number of hydrogen-bond acceptors (Lipinski definition) is 2. The molecule has 2 rings (SSSR count). The second-order valence-corrected chi connectivity index (χ2v) is 4.16. The normalized spacial score (nSPS) is 11.1. The van der Waals surface area contributed by atoms with Crippen LogP contribution >= 0.6 is 0 Å². The summed E-state index contributed by atoms with van der Waals surface area (Å²) in [6.07, 6.45) is 3.19. The van der Waals surface area contributed by atoms with E-state index in [-0.39, 0.29) is 17.3 Å². The predicted molar refractivity (Wildman–Crippen MR) is 62.4 cm³/mol. The van der Waals surface area contributed by atoms with Crippen molar-refractivity contribution in [3.05, 3.63) is 36.2 Å². The van der Waals surface area contributed by atoms with Gasteiger partial charge in [0.15, 0.2) is 0 Å². The molecule has 0 aliphatic carbocycles. The lowest BCUT2D eigenvalue weighted by atomic mass is 10.1. The van der Waals surface area contributed by atoms with E-state index in [1.165, 1.54) is 6.20 Å². The highest BCUT2D eigenvalue weighted by Gasteiger charge is 2.12. The number of aromatic nitrogens is 2. The van der Waals surface area contributed by atoms with Crippen molar-refractivity contribution >= 4 is 5.69 Å². The van der Waals surface area contributed by atoms with E-state index in [4.69, 9.17) is 5.73 Å². The van der Waals surface area contributed by atoms with Gasteiger partial charge >= 0.3 is 0 Å². The molecule has 0 spiro atoms. The Bertz CT molecular complexity index is 547. The maximum Gasteiger partial charge on any atom is 0.146 e. The van der Waals surface area contributed by atoms with E-state index < -0.39 is 11.6 Å². The Morgan fingerprint density at radius 2 is 1.94 bits per heavy atom. The third-order valence-electron chi connectivity index (χ3n) is 2.53. The zero-order chi connectivity index (χ0) is 12.6. The molecule has 0 saturated carbocycles. The van der Waals surface area contributed by atoms with Gasteiger partial charge in [-0.05, 0) is 19.9 Å². The molecule has 0 aliphatic rings. The summed E-state index contributed by atoms with van der Waals surface area (Å²) in [4.78, 5) is 0. The van der Waals surface area contributed by atoms with Crippen molar-refractivity contribution in [1.29, 1.82) is 0 Å². The molecule has 0 bridgehead atoms. The molecule has 90 valence electrons. The van der Waals surface area contributed by atoms with Gasteiger partial charge in [-0.25, -0.2) is 8.78 Å². The van der Waals surface area contributed by atoms with E-state index in [0.29, 0.717) is 5.56 Å². The molecule has 5 heteroatoms. The van der Waals surface area contributed by atoms with E-state index in [1.54, 1.807) is 10.9 Å². The van der Waals surface area contributed by atoms with Crippen LogP contribution in [-0.2, 0) is 0 Å². The molecule has 0 unspecified atom stereocenters. The molecule has 0 atom stereocenters. The lowest BCUT2D eigenvalue weighted by molar-refractivity contribution is 0.532. The van der Waals surface area contributed by atoms with Crippen LogP contribution < -0.4 is 5.73 Å². The fraction of sp³-hybridized carbons (Fsp3) is 0.250. The van der Waals surface area contributed by atoms with E-state index in [1.807, 2.05) is 13.8 Å². The van der Waals surface area contributed by atoms with Crippen molar-refractivity contribution in [3.63, 3.8) is 0 Å². The predicted octanol–water partition coefficient (Wildman–Crippen LogP) is 2.99. The first-order valence-electron chi connectivity index (χ1n) is 5.28. The highest BCUT2D eigenvalue weighted by molar-refractivity contribution is 5.65. The molecule has 17 heavy (non-hydrogen) atoms. The SMILES string of the molecule is CC(C)n1cc(-c2cc(F)c(N)cc2F)cn1. The van der Waals surface area contributed by atoms with E-state index in [2.05, 4.69) is 5.10 Å². The molecule has 1 aromatic heterocycles. The Labute approximate surface area is 97.9 Å². The molecule has 0 fully saturated rings. The Morgan fingerprint density at radius 1 is 1.24 bits per heavy atom. The van der Waals surface area contributed by atoms with Crippen LogP contribution in [0.1, 0.15) is 19.9 Å². The van der Waals surface area contributed by atoms with Gasteiger partial charge in [0.25, 0.3) is 0 Å². The summed E-state index contributed by atoms with van der Waals surface area (Å²) in [6, 6.07) is 2.24. The average molecular weight is 237 g/mol. The Hall–Kier alpha value is -1.91. The van der Waals surface area contributed by atoms with E-state index >= 15 is 0 Å². The van der Waals surface area contributed by atoms with Gasteiger partial charge in [0.05, 0.1) is 11.9 Å². The minimum Gasteiger partial charge on any atom is -0.396 e. The number of hydrogen-bond donors (Lipinski definition) is 1. The van der Waals surface area contributed by atoms with Crippen molar-refractivity contribution in [2.45, 2.75) is 19.9 Å². The quantitative estimate of drug-likeness (QED) is 0.816. The van der Waals surface area contributed by atoms with Gasteiger partial charge in [-0.2, -0.15) is 5.10 Å². The monoisotopic (exact) mass is 237 g/mol. The Morgan fingerprint density at radius 3 is 2.53 bits per heavy atom. The highest BCUT2D eigenvalue weighted by Crippen LogP contribution is 2.26. The van der Waals surface area contributed by atoms with Crippen LogP contribution in [0, 0.1) is 11.6 Å².